The molecule has 1 aromatic heterocycles. The van der Waals surface area contributed by atoms with Crippen molar-refractivity contribution in [3.63, 3.8) is 0 Å². The summed E-state index contributed by atoms with van der Waals surface area (Å²) in [6, 6.07) is 26.3. The maximum absolute atomic E-state index is 14.9. The number of fused-ring (bicyclic) bond motifs is 2. The minimum atomic E-state index is -0.837. The zero-order valence-electron chi connectivity index (χ0n) is 26.4. The Labute approximate surface area is 274 Å². The van der Waals surface area contributed by atoms with E-state index in [1.807, 2.05) is 47.4 Å². The van der Waals surface area contributed by atoms with Crippen molar-refractivity contribution < 1.29 is 23.8 Å². The van der Waals surface area contributed by atoms with Crippen LogP contribution in [0.4, 0.5) is 0 Å². The van der Waals surface area contributed by atoms with Gasteiger partial charge in [-0.1, -0.05) is 54.6 Å². The molecule has 4 aromatic rings. The molecule has 8 nitrogen and oxygen atoms in total. The largest absolute Gasteiger partial charge is 0.496 e. The van der Waals surface area contributed by atoms with E-state index in [0.29, 0.717) is 38.6 Å². The number of carbonyl (C=O) groups excluding carboxylic acids is 2. The summed E-state index contributed by atoms with van der Waals surface area (Å²) in [5.41, 5.74) is 3.95. The smallest absolute Gasteiger partial charge is 0.246 e. The highest BCUT2D eigenvalue weighted by Gasteiger charge is 2.70. The molecule has 4 atom stereocenters. The van der Waals surface area contributed by atoms with Gasteiger partial charge in [0.05, 0.1) is 12.5 Å². The third-order valence-electron chi connectivity index (χ3n) is 10.9. The number of rotatable bonds is 7. The van der Waals surface area contributed by atoms with E-state index in [1.165, 1.54) is 11.1 Å². The summed E-state index contributed by atoms with van der Waals surface area (Å²) in [6.07, 6.45) is 8.63. The third-order valence-corrected chi connectivity index (χ3v) is 10.9. The molecule has 1 saturated heterocycles. The van der Waals surface area contributed by atoms with Crippen molar-refractivity contribution in [1.29, 1.82) is 0 Å². The quantitative estimate of drug-likeness (QED) is 0.272. The lowest BCUT2D eigenvalue weighted by molar-refractivity contribution is -0.139. The molecule has 9 rings (SSSR count). The van der Waals surface area contributed by atoms with Crippen LogP contribution in [0.3, 0.4) is 0 Å². The number of nitrogens with one attached hydrogen (secondary N) is 1. The summed E-state index contributed by atoms with van der Waals surface area (Å²) < 4.78 is 17.5. The van der Waals surface area contributed by atoms with Gasteiger partial charge >= 0.3 is 0 Å². The van der Waals surface area contributed by atoms with E-state index in [1.54, 1.807) is 31.7 Å². The Morgan fingerprint density at radius 2 is 1.85 bits per heavy atom. The fourth-order valence-electron chi connectivity index (χ4n) is 8.89. The molecular formula is C39H37N3O5. The SMILES string of the molecule is COc1ccccc1/C=C/C(=O)N1CC2[C@@]3(c4ccc5c(c4)OCCO5)CC[C@@H](c4ccccc43)[C@@]2(C(=O)NCc2cccnc2)C1. The first-order chi connectivity index (χ1) is 23.0. The number of amides is 2. The topological polar surface area (TPSA) is 90.0 Å². The molecule has 1 N–H and O–H groups in total. The van der Waals surface area contributed by atoms with Crippen molar-refractivity contribution in [2.45, 2.75) is 30.7 Å². The lowest BCUT2D eigenvalue weighted by Crippen LogP contribution is -2.62. The van der Waals surface area contributed by atoms with E-state index >= 15 is 0 Å². The number of hydrogen-bond donors (Lipinski definition) is 1. The highest BCUT2D eigenvalue weighted by molar-refractivity contribution is 5.94. The van der Waals surface area contributed by atoms with Crippen molar-refractivity contribution in [2.24, 2.45) is 11.3 Å². The van der Waals surface area contributed by atoms with E-state index in [0.717, 1.165) is 41.0 Å². The standard InChI is InChI=1S/C39H37N3O5/c1-45-32-11-5-2-8-27(32)12-15-36(43)42-24-35-38(28-13-14-33-34(21-28)47-20-19-46-33)17-16-31(29-9-3-4-10-30(29)38)39(35,25-42)37(44)41-23-26-7-6-18-40-22-26/h2-15,18,21-22,31,35H,16-17,19-20,23-25H2,1H3,(H,41,44)/b15-12+/t31-,35?,38+,39-/m0/s1. The summed E-state index contributed by atoms with van der Waals surface area (Å²) in [7, 11) is 1.62. The fourth-order valence-corrected chi connectivity index (χ4v) is 8.89. The van der Waals surface area contributed by atoms with Crippen molar-refractivity contribution in [1.82, 2.24) is 15.2 Å². The minimum absolute atomic E-state index is 0.0171. The number of ether oxygens (including phenoxy) is 3. The van der Waals surface area contributed by atoms with Crippen LogP contribution in [0.2, 0.25) is 0 Å². The first-order valence-corrected chi connectivity index (χ1v) is 16.3. The first kappa shape index (κ1) is 29.3. The van der Waals surface area contributed by atoms with Gasteiger partial charge in [-0.15, -0.1) is 0 Å². The minimum Gasteiger partial charge on any atom is -0.496 e. The Balaban J connectivity index is 1.24. The van der Waals surface area contributed by atoms with Crippen LogP contribution in [0.25, 0.3) is 6.08 Å². The number of para-hydroxylation sites is 1. The molecule has 2 fully saturated rings. The molecule has 0 spiro atoms. The van der Waals surface area contributed by atoms with Gasteiger partial charge in [0.15, 0.2) is 11.5 Å². The van der Waals surface area contributed by atoms with Gasteiger partial charge in [-0.25, -0.2) is 0 Å². The summed E-state index contributed by atoms with van der Waals surface area (Å²) in [5.74, 6) is 1.83. The first-order valence-electron chi connectivity index (χ1n) is 16.3. The Bertz CT molecular complexity index is 1880. The second-order valence-electron chi connectivity index (χ2n) is 12.9. The van der Waals surface area contributed by atoms with E-state index in [2.05, 4.69) is 46.7 Å². The average molecular weight is 628 g/mol. The molecule has 0 radical (unpaired) electrons. The van der Waals surface area contributed by atoms with Gasteiger partial charge < -0.3 is 24.4 Å². The Hall–Kier alpha value is -5.11. The van der Waals surface area contributed by atoms with Gasteiger partial charge in [-0.2, -0.15) is 0 Å². The van der Waals surface area contributed by atoms with E-state index in [4.69, 9.17) is 14.2 Å². The Morgan fingerprint density at radius 1 is 1.02 bits per heavy atom. The second kappa shape index (κ2) is 11.6. The number of pyridine rings is 1. The van der Waals surface area contributed by atoms with E-state index in [-0.39, 0.29) is 23.7 Å². The van der Waals surface area contributed by atoms with Crippen LogP contribution in [0.15, 0.2) is 97.3 Å². The van der Waals surface area contributed by atoms with Crippen LogP contribution in [0.5, 0.6) is 17.2 Å². The fraction of sp³-hybridized carbons (Fsp3) is 0.308. The number of aromatic nitrogens is 1. The van der Waals surface area contributed by atoms with Gasteiger partial charge in [0, 0.05) is 60.9 Å². The van der Waals surface area contributed by atoms with Crippen molar-refractivity contribution in [2.75, 3.05) is 33.4 Å². The highest BCUT2D eigenvalue weighted by Crippen LogP contribution is 2.69. The predicted octanol–water partition coefficient (Wildman–Crippen LogP) is 5.51. The van der Waals surface area contributed by atoms with E-state index < -0.39 is 10.8 Å². The molecule has 5 aliphatic rings. The molecule has 3 aliphatic carbocycles. The third kappa shape index (κ3) is 4.60. The number of hydrogen-bond acceptors (Lipinski definition) is 6. The number of nitrogens with zero attached hydrogens (tertiary/aromatic N) is 2. The van der Waals surface area contributed by atoms with Crippen LogP contribution in [-0.2, 0) is 21.5 Å². The molecule has 2 bridgehead atoms. The molecular weight excluding hydrogens is 590 g/mol. The maximum atomic E-state index is 14.9. The molecule has 1 saturated carbocycles. The van der Waals surface area contributed by atoms with Crippen LogP contribution < -0.4 is 19.5 Å². The number of benzene rings is 3. The van der Waals surface area contributed by atoms with Crippen LogP contribution in [0, 0.1) is 11.3 Å². The van der Waals surface area contributed by atoms with Crippen LogP contribution in [-0.4, -0.2) is 55.1 Å². The lowest BCUT2D eigenvalue weighted by Gasteiger charge is -2.60. The van der Waals surface area contributed by atoms with Crippen molar-refractivity contribution in [3.8, 4) is 17.2 Å². The monoisotopic (exact) mass is 627 g/mol. The predicted molar refractivity (Wildman–Crippen MR) is 177 cm³/mol. The van der Waals surface area contributed by atoms with Crippen LogP contribution >= 0.6 is 0 Å². The molecule has 2 amide bonds. The molecule has 8 heteroatoms. The molecule has 3 aromatic carbocycles. The molecule has 3 heterocycles. The van der Waals surface area contributed by atoms with Crippen molar-refractivity contribution >= 4 is 17.9 Å². The molecule has 47 heavy (non-hydrogen) atoms. The van der Waals surface area contributed by atoms with Gasteiger partial charge in [-0.3, -0.25) is 14.6 Å². The van der Waals surface area contributed by atoms with E-state index in [9.17, 15) is 9.59 Å². The van der Waals surface area contributed by atoms with Crippen LogP contribution in [0.1, 0.15) is 46.6 Å². The summed E-state index contributed by atoms with van der Waals surface area (Å²) in [4.78, 5) is 35.1. The maximum Gasteiger partial charge on any atom is 0.246 e. The summed E-state index contributed by atoms with van der Waals surface area (Å²) >= 11 is 0. The lowest BCUT2D eigenvalue weighted by atomic mass is 9.42. The van der Waals surface area contributed by atoms with Gasteiger partial charge in [0.25, 0.3) is 0 Å². The van der Waals surface area contributed by atoms with Crippen molar-refractivity contribution in [3.05, 3.63) is 125 Å². The molecule has 2 aliphatic heterocycles. The normalized spacial score (nSPS) is 25.3. The Kier molecular flexibility index (Phi) is 7.23. The average Bonchev–Trinajstić information content (AvgIpc) is 3.57. The Morgan fingerprint density at radius 3 is 2.70 bits per heavy atom. The summed E-state index contributed by atoms with van der Waals surface area (Å²) in [5, 5.41) is 3.30. The number of methoxy groups -OCH3 is 1. The molecule has 1 unspecified atom stereocenters. The second-order valence-corrected chi connectivity index (χ2v) is 12.9. The van der Waals surface area contributed by atoms with Gasteiger partial charge in [0.1, 0.15) is 19.0 Å². The molecule has 238 valence electrons. The summed E-state index contributed by atoms with van der Waals surface area (Å²) in [6.45, 7) is 2.16. The van der Waals surface area contributed by atoms with Gasteiger partial charge in [0.2, 0.25) is 11.8 Å². The number of carbonyl (C=O) groups is 2. The number of likely N-dealkylation sites (tertiary alicyclic amines) is 1. The van der Waals surface area contributed by atoms with Gasteiger partial charge in [-0.05, 0) is 65.4 Å². The zero-order chi connectivity index (χ0) is 32.0. The zero-order valence-corrected chi connectivity index (χ0v) is 26.4. The highest BCUT2D eigenvalue weighted by atomic mass is 16.6.